The Morgan fingerprint density at radius 3 is 2.70 bits per heavy atom. The summed E-state index contributed by atoms with van der Waals surface area (Å²) in [5.74, 6) is -2.13. The number of carbonyl (C=O) groups is 1. The number of alkyl halides is 2. The van der Waals surface area contributed by atoms with Gasteiger partial charge >= 0.3 is 0 Å². The van der Waals surface area contributed by atoms with E-state index in [2.05, 4.69) is 30.1 Å². The summed E-state index contributed by atoms with van der Waals surface area (Å²) in [6.07, 6.45) is 7.64. The Labute approximate surface area is 189 Å². The van der Waals surface area contributed by atoms with E-state index in [0.29, 0.717) is 17.4 Å². The highest BCUT2D eigenvalue weighted by atomic mass is 19.3. The molecule has 174 valence electrons. The number of hydrogen-bond donors (Lipinski definition) is 1. The lowest BCUT2D eigenvalue weighted by molar-refractivity contribution is -0.114. The van der Waals surface area contributed by atoms with Gasteiger partial charge in [0, 0.05) is 45.2 Å². The van der Waals surface area contributed by atoms with Crippen LogP contribution in [0.3, 0.4) is 0 Å². The molecule has 3 aromatic rings. The van der Waals surface area contributed by atoms with Crippen LogP contribution in [0.1, 0.15) is 38.8 Å². The van der Waals surface area contributed by atoms with Gasteiger partial charge in [-0.05, 0) is 32.4 Å². The van der Waals surface area contributed by atoms with Crippen molar-refractivity contribution < 1.29 is 13.6 Å². The number of aromatic nitrogens is 5. The van der Waals surface area contributed by atoms with Gasteiger partial charge in [0.05, 0.1) is 23.3 Å². The molecular formula is C22H26F2N8O. The quantitative estimate of drug-likeness (QED) is 0.631. The van der Waals surface area contributed by atoms with Gasteiger partial charge in [-0.25, -0.2) is 14.6 Å². The Bertz CT molecular complexity index is 1180. The first-order valence-electron chi connectivity index (χ1n) is 11.2. The second kappa shape index (κ2) is 8.29. The van der Waals surface area contributed by atoms with Crippen molar-refractivity contribution in [1.29, 1.82) is 0 Å². The molecule has 0 unspecified atom stereocenters. The third kappa shape index (κ3) is 4.24. The second-order valence-corrected chi connectivity index (χ2v) is 8.79. The number of likely N-dealkylation sites (tertiary alicyclic amines) is 1. The number of fused-ring (bicyclic) bond motifs is 1. The summed E-state index contributed by atoms with van der Waals surface area (Å²) in [6.45, 7) is 6.13. The maximum Gasteiger partial charge on any atom is 0.288 e. The van der Waals surface area contributed by atoms with Gasteiger partial charge in [-0.1, -0.05) is 0 Å². The number of rotatable bonds is 5. The normalized spacial score (nSPS) is 19.5. The van der Waals surface area contributed by atoms with E-state index in [1.165, 1.54) is 30.6 Å². The third-order valence-corrected chi connectivity index (χ3v) is 6.26. The minimum absolute atomic E-state index is 0.181. The first-order chi connectivity index (χ1) is 15.8. The Morgan fingerprint density at radius 2 is 1.97 bits per heavy atom. The number of nitrogens with zero attached hydrogens (tertiary/aromatic N) is 7. The van der Waals surface area contributed by atoms with Crippen molar-refractivity contribution in [3.8, 4) is 5.82 Å². The van der Waals surface area contributed by atoms with Gasteiger partial charge in [0.2, 0.25) is 5.91 Å². The topological polar surface area (TPSA) is 92.1 Å². The van der Waals surface area contributed by atoms with Gasteiger partial charge in [0.15, 0.2) is 11.6 Å². The second-order valence-electron chi connectivity index (χ2n) is 8.79. The van der Waals surface area contributed by atoms with E-state index in [4.69, 9.17) is 5.10 Å². The fourth-order valence-corrected chi connectivity index (χ4v) is 4.66. The molecule has 1 N–H and O–H groups in total. The first kappa shape index (κ1) is 21.6. The summed E-state index contributed by atoms with van der Waals surface area (Å²) in [5, 5.41) is 8.20. The number of pyridine rings is 1. The van der Waals surface area contributed by atoms with Crippen LogP contribution in [0.25, 0.3) is 16.7 Å². The lowest BCUT2D eigenvalue weighted by atomic mass is 10.2. The van der Waals surface area contributed by atoms with Crippen molar-refractivity contribution >= 4 is 28.4 Å². The van der Waals surface area contributed by atoms with Crippen LogP contribution in [-0.4, -0.2) is 67.8 Å². The van der Waals surface area contributed by atoms with Gasteiger partial charge in [0.25, 0.3) is 5.92 Å². The van der Waals surface area contributed by atoms with Crippen molar-refractivity contribution in [2.75, 3.05) is 36.4 Å². The molecule has 1 amide bonds. The molecule has 2 fully saturated rings. The van der Waals surface area contributed by atoms with Gasteiger partial charge in [0.1, 0.15) is 11.5 Å². The molecule has 2 aliphatic rings. The summed E-state index contributed by atoms with van der Waals surface area (Å²) < 4.78 is 29.3. The molecule has 2 saturated heterocycles. The molecule has 1 atom stereocenters. The molecule has 0 aromatic carbocycles. The van der Waals surface area contributed by atoms with Crippen molar-refractivity contribution in [3.63, 3.8) is 0 Å². The Balaban J connectivity index is 1.57. The van der Waals surface area contributed by atoms with Crippen LogP contribution in [0, 0.1) is 0 Å². The molecule has 0 saturated carbocycles. The molecule has 5 heterocycles. The molecule has 0 spiro atoms. The molecule has 0 aliphatic carbocycles. The van der Waals surface area contributed by atoms with Crippen molar-refractivity contribution in [2.45, 2.75) is 45.1 Å². The summed E-state index contributed by atoms with van der Waals surface area (Å²) in [4.78, 5) is 28.7. The monoisotopic (exact) mass is 456 g/mol. The van der Waals surface area contributed by atoms with E-state index >= 15 is 0 Å². The number of carbonyl (C=O) groups excluding carboxylic acids is 1. The van der Waals surface area contributed by atoms with Crippen LogP contribution in [0.15, 0.2) is 24.7 Å². The van der Waals surface area contributed by atoms with Crippen LogP contribution in [0.2, 0.25) is 0 Å². The van der Waals surface area contributed by atoms with E-state index < -0.39 is 11.6 Å². The molecule has 3 aromatic heterocycles. The van der Waals surface area contributed by atoms with E-state index in [9.17, 15) is 13.6 Å². The van der Waals surface area contributed by atoms with E-state index in [1.807, 2.05) is 0 Å². The number of nitrogens with one attached hydrogen (secondary N) is 1. The smallest absolute Gasteiger partial charge is 0.288 e. The van der Waals surface area contributed by atoms with Crippen LogP contribution in [0.5, 0.6) is 0 Å². The minimum atomic E-state index is -3.13. The predicted octanol–water partition coefficient (Wildman–Crippen LogP) is 2.96. The van der Waals surface area contributed by atoms with Gasteiger partial charge in [-0.3, -0.25) is 14.7 Å². The minimum Gasteiger partial charge on any atom is -0.353 e. The third-order valence-electron chi connectivity index (χ3n) is 6.26. The molecular weight excluding hydrogens is 430 g/mol. The van der Waals surface area contributed by atoms with Gasteiger partial charge < -0.3 is 10.2 Å². The summed E-state index contributed by atoms with van der Waals surface area (Å²) in [7, 11) is 0. The van der Waals surface area contributed by atoms with Crippen LogP contribution >= 0.6 is 0 Å². The average Bonchev–Trinajstić information content (AvgIpc) is 3.51. The highest BCUT2D eigenvalue weighted by Gasteiger charge is 2.32. The summed E-state index contributed by atoms with van der Waals surface area (Å²) in [5.41, 5.74) is 0.177. The zero-order valence-electron chi connectivity index (χ0n) is 18.6. The fraction of sp³-hybridized carbons (Fsp3) is 0.500. The molecule has 0 bridgehead atoms. The van der Waals surface area contributed by atoms with Crippen LogP contribution in [-0.2, 0) is 10.7 Å². The highest BCUT2D eigenvalue weighted by Crippen LogP contribution is 2.33. The number of halogens is 2. The fourth-order valence-electron chi connectivity index (χ4n) is 4.66. The summed E-state index contributed by atoms with van der Waals surface area (Å²) >= 11 is 0. The van der Waals surface area contributed by atoms with Crippen molar-refractivity contribution in [2.24, 2.45) is 0 Å². The zero-order valence-corrected chi connectivity index (χ0v) is 18.6. The zero-order chi connectivity index (χ0) is 23.2. The maximum absolute atomic E-state index is 13.9. The molecule has 2 aliphatic heterocycles. The molecule has 9 nitrogen and oxygen atoms in total. The molecule has 33 heavy (non-hydrogen) atoms. The van der Waals surface area contributed by atoms with E-state index in [1.54, 1.807) is 12.3 Å². The highest BCUT2D eigenvalue weighted by molar-refractivity contribution is 5.95. The lowest BCUT2D eigenvalue weighted by Gasteiger charge is -2.23. The predicted molar refractivity (Wildman–Crippen MR) is 120 cm³/mol. The molecule has 11 heteroatoms. The van der Waals surface area contributed by atoms with Crippen LogP contribution in [0.4, 0.5) is 20.4 Å². The summed E-state index contributed by atoms with van der Waals surface area (Å²) in [6, 6.07) is 2.15. The Kier molecular flexibility index (Phi) is 5.43. The van der Waals surface area contributed by atoms with Crippen LogP contribution < -0.4 is 10.2 Å². The molecule has 0 radical (unpaired) electrons. The first-order valence-corrected chi connectivity index (χ1v) is 11.2. The Morgan fingerprint density at radius 1 is 1.18 bits per heavy atom. The van der Waals surface area contributed by atoms with Gasteiger partial charge in [-0.2, -0.15) is 8.78 Å². The maximum atomic E-state index is 13.9. The van der Waals surface area contributed by atoms with E-state index in [0.717, 1.165) is 56.9 Å². The SMILES string of the molecule is CC(=O)Nc1cc2c(cn1)c(N1CC[C@H](N3CCCC3)C1)nn2-c1cncc(C(C)(F)F)n1. The van der Waals surface area contributed by atoms with Crippen molar-refractivity contribution in [1.82, 2.24) is 29.6 Å². The lowest BCUT2D eigenvalue weighted by Crippen LogP contribution is -2.35. The van der Waals surface area contributed by atoms with E-state index in [-0.39, 0.29) is 11.7 Å². The van der Waals surface area contributed by atoms with Gasteiger partial charge in [-0.15, -0.1) is 5.10 Å². The average molecular weight is 457 g/mol. The largest absolute Gasteiger partial charge is 0.353 e. The van der Waals surface area contributed by atoms with Crippen molar-refractivity contribution in [3.05, 3.63) is 30.4 Å². The number of hydrogen-bond acceptors (Lipinski definition) is 7. The standard InChI is InChI=1S/C22H26F2N8O/c1-14(33)27-19-9-17-16(10-26-19)21(31-8-5-15(13-31)30-6-3-4-7-30)29-32(17)20-12-25-11-18(28-20)22(2,23)24/h9-12,15H,3-8,13H2,1-2H3,(H,26,27,33)/t15-/m0/s1. The number of amides is 1. The number of anilines is 2. The Hall–Kier alpha value is -3.21. The molecule has 5 rings (SSSR count).